The van der Waals surface area contributed by atoms with Crippen LogP contribution < -0.4 is 4.74 Å². The minimum atomic E-state index is 0.187. The van der Waals surface area contributed by atoms with Crippen LogP contribution in [-0.4, -0.2) is 36.9 Å². The van der Waals surface area contributed by atoms with Crippen molar-refractivity contribution in [2.24, 2.45) is 0 Å². The number of halogens is 1. The molecule has 0 atom stereocenters. The number of nitrogens with zero attached hydrogens (tertiary/aromatic N) is 1. The summed E-state index contributed by atoms with van der Waals surface area (Å²) in [5.74, 6) is 1.60. The summed E-state index contributed by atoms with van der Waals surface area (Å²) in [6.45, 7) is 1.54. The molecule has 0 bridgehead atoms. The summed E-state index contributed by atoms with van der Waals surface area (Å²) >= 11 is 5.68. The monoisotopic (exact) mass is 267 g/mol. The Balaban J connectivity index is 2.14. The van der Waals surface area contributed by atoms with E-state index in [0.717, 1.165) is 37.2 Å². The van der Waals surface area contributed by atoms with E-state index in [2.05, 4.69) is 6.07 Å². The molecule has 98 valence electrons. The normalized spacial score (nSPS) is 15.2. The van der Waals surface area contributed by atoms with Gasteiger partial charge in [-0.2, -0.15) is 0 Å². The molecule has 0 aromatic heterocycles. The van der Waals surface area contributed by atoms with Crippen molar-refractivity contribution in [3.8, 4) is 5.75 Å². The first-order valence-corrected chi connectivity index (χ1v) is 6.77. The van der Waals surface area contributed by atoms with Gasteiger partial charge >= 0.3 is 0 Å². The number of ether oxygens (including phenoxy) is 1. The molecule has 1 aliphatic heterocycles. The van der Waals surface area contributed by atoms with Gasteiger partial charge in [0, 0.05) is 19.0 Å². The predicted molar refractivity (Wildman–Crippen MR) is 72.3 cm³/mol. The Morgan fingerprint density at radius 2 is 2.22 bits per heavy atom. The minimum Gasteiger partial charge on any atom is -0.497 e. The van der Waals surface area contributed by atoms with Crippen LogP contribution >= 0.6 is 11.6 Å². The summed E-state index contributed by atoms with van der Waals surface area (Å²) in [6, 6.07) is 5.99. The molecule has 4 heteroatoms. The zero-order chi connectivity index (χ0) is 13.0. The molecule has 0 saturated heterocycles. The summed E-state index contributed by atoms with van der Waals surface area (Å²) < 4.78 is 5.21. The highest BCUT2D eigenvalue weighted by molar-refractivity contribution is 6.17. The van der Waals surface area contributed by atoms with E-state index < -0.39 is 0 Å². The van der Waals surface area contributed by atoms with E-state index in [0.29, 0.717) is 12.3 Å². The molecule has 0 saturated carbocycles. The molecule has 0 aliphatic carbocycles. The van der Waals surface area contributed by atoms with Crippen LogP contribution in [0.15, 0.2) is 18.2 Å². The molecule has 0 fully saturated rings. The maximum atomic E-state index is 12.1. The number of rotatable bonds is 4. The average molecular weight is 268 g/mol. The van der Waals surface area contributed by atoms with Crippen molar-refractivity contribution in [3.63, 3.8) is 0 Å². The molecule has 0 spiro atoms. The van der Waals surface area contributed by atoms with Crippen molar-refractivity contribution < 1.29 is 9.53 Å². The second-order valence-electron chi connectivity index (χ2n) is 4.48. The highest BCUT2D eigenvalue weighted by atomic mass is 35.5. The van der Waals surface area contributed by atoms with Gasteiger partial charge in [-0.3, -0.25) is 4.79 Å². The van der Waals surface area contributed by atoms with Crippen molar-refractivity contribution in [2.45, 2.75) is 19.3 Å². The Labute approximate surface area is 113 Å². The Kier molecular flexibility index (Phi) is 4.48. The van der Waals surface area contributed by atoms with Gasteiger partial charge in [-0.25, -0.2) is 0 Å². The van der Waals surface area contributed by atoms with Crippen molar-refractivity contribution in [2.75, 3.05) is 26.1 Å². The van der Waals surface area contributed by atoms with Gasteiger partial charge in [-0.15, -0.1) is 11.6 Å². The van der Waals surface area contributed by atoms with Gasteiger partial charge in [-0.1, -0.05) is 6.07 Å². The predicted octanol–water partition coefficient (Wildman–Crippen LogP) is 2.25. The van der Waals surface area contributed by atoms with Crippen molar-refractivity contribution in [1.29, 1.82) is 0 Å². The van der Waals surface area contributed by atoms with Crippen LogP contribution in [-0.2, 0) is 17.6 Å². The third kappa shape index (κ3) is 2.96. The number of carbonyl (C=O) groups is 1. The number of carbonyl (C=O) groups excluding carboxylic acids is 1. The van der Waals surface area contributed by atoms with Crippen LogP contribution in [0, 0.1) is 0 Å². The second-order valence-corrected chi connectivity index (χ2v) is 4.86. The van der Waals surface area contributed by atoms with Gasteiger partial charge in [0.05, 0.1) is 13.5 Å². The van der Waals surface area contributed by atoms with Crippen molar-refractivity contribution in [3.05, 3.63) is 29.3 Å². The highest BCUT2D eigenvalue weighted by Gasteiger charge is 2.20. The number of amides is 1. The molecule has 1 aliphatic rings. The van der Waals surface area contributed by atoms with Crippen LogP contribution in [0.5, 0.6) is 5.75 Å². The van der Waals surface area contributed by atoms with Gasteiger partial charge in [0.15, 0.2) is 0 Å². The van der Waals surface area contributed by atoms with E-state index in [1.54, 1.807) is 7.11 Å². The molecule has 18 heavy (non-hydrogen) atoms. The Morgan fingerprint density at radius 3 is 2.94 bits per heavy atom. The van der Waals surface area contributed by atoms with Gasteiger partial charge in [0.25, 0.3) is 0 Å². The van der Waals surface area contributed by atoms with E-state index in [-0.39, 0.29) is 5.91 Å². The number of benzene rings is 1. The Morgan fingerprint density at radius 1 is 1.39 bits per heavy atom. The number of alkyl halides is 1. The summed E-state index contributed by atoms with van der Waals surface area (Å²) in [5, 5.41) is 0. The molecule has 1 aromatic rings. The molecule has 0 unspecified atom stereocenters. The second kappa shape index (κ2) is 6.10. The number of hydrogen-bond donors (Lipinski definition) is 0. The van der Waals surface area contributed by atoms with Crippen LogP contribution in [0.2, 0.25) is 0 Å². The van der Waals surface area contributed by atoms with Crippen LogP contribution in [0.25, 0.3) is 0 Å². The van der Waals surface area contributed by atoms with Crippen LogP contribution in [0.3, 0.4) is 0 Å². The maximum Gasteiger partial charge on any atom is 0.227 e. The molecule has 1 amide bonds. The fourth-order valence-electron chi connectivity index (χ4n) is 2.28. The molecule has 1 aromatic carbocycles. The summed E-state index contributed by atoms with van der Waals surface area (Å²) in [7, 11) is 1.65. The standard InChI is InChI=1S/C14H18ClNO2/c1-18-13-4-3-11-5-8-16(7-2-6-15)14(17)10-12(11)9-13/h3-4,9H,2,5-8,10H2,1H3. The lowest BCUT2D eigenvalue weighted by molar-refractivity contribution is -0.130. The summed E-state index contributed by atoms with van der Waals surface area (Å²) in [6.07, 6.45) is 2.23. The molecular formula is C14H18ClNO2. The van der Waals surface area contributed by atoms with E-state index in [1.807, 2.05) is 17.0 Å². The maximum absolute atomic E-state index is 12.1. The van der Waals surface area contributed by atoms with Crippen molar-refractivity contribution in [1.82, 2.24) is 4.90 Å². The van der Waals surface area contributed by atoms with Gasteiger partial charge in [0.2, 0.25) is 5.91 Å². The quantitative estimate of drug-likeness (QED) is 0.783. The smallest absolute Gasteiger partial charge is 0.227 e. The lowest BCUT2D eigenvalue weighted by atomic mass is 10.0. The molecular weight excluding hydrogens is 250 g/mol. The Hall–Kier alpha value is -1.22. The van der Waals surface area contributed by atoms with E-state index in [9.17, 15) is 4.79 Å². The van der Waals surface area contributed by atoms with Crippen LogP contribution in [0.1, 0.15) is 17.5 Å². The first-order chi connectivity index (χ1) is 8.74. The van der Waals surface area contributed by atoms with E-state index in [4.69, 9.17) is 16.3 Å². The zero-order valence-corrected chi connectivity index (χ0v) is 11.4. The van der Waals surface area contributed by atoms with Gasteiger partial charge in [0.1, 0.15) is 5.75 Å². The average Bonchev–Trinajstić information content (AvgIpc) is 2.54. The molecule has 0 radical (unpaired) electrons. The molecule has 2 rings (SSSR count). The van der Waals surface area contributed by atoms with Gasteiger partial charge < -0.3 is 9.64 Å². The largest absolute Gasteiger partial charge is 0.497 e. The topological polar surface area (TPSA) is 29.5 Å². The van der Waals surface area contributed by atoms with E-state index in [1.165, 1.54) is 5.56 Å². The molecule has 3 nitrogen and oxygen atoms in total. The lowest BCUT2D eigenvalue weighted by Gasteiger charge is -2.19. The highest BCUT2D eigenvalue weighted by Crippen LogP contribution is 2.22. The van der Waals surface area contributed by atoms with Crippen LogP contribution in [0.4, 0.5) is 0 Å². The fourth-order valence-corrected chi connectivity index (χ4v) is 2.40. The first kappa shape index (κ1) is 13.2. The molecule has 1 heterocycles. The zero-order valence-electron chi connectivity index (χ0n) is 10.6. The number of fused-ring (bicyclic) bond motifs is 1. The SMILES string of the molecule is COc1ccc2c(c1)CC(=O)N(CCCCl)CC2. The number of methoxy groups -OCH3 is 1. The van der Waals surface area contributed by atoms with E-state index >= 15 is 0 Å². The van der Waals surface area contributed by atoms with Gasteiger partial charge in [-0.05, 0) is 36.1 Å². The fraction of sp³-hybridized carbons (Fsp3) is 0.500. The summed E-state index contributed by atoms with van der Waals surface area (Å²) in [5.41, 5.74) is 2.34. The minimum absolute atomic E-state index is 0.187. The molecule has 0 N–H and O–H groups in total. The lowest BCUT2D eigenvalue weighted by Crippen LogP contribution is -2.33. The summed E-state index contributed by atoms with van der Waals surface area (Å²) in [4.78, 5) is 14.0. The third-order valence-electron chi connectivity index (χ3n) is 3.32. The Bertz CT molecular complexity index is 434. The van der Waals surface area contributed by atoms with Crippen molar-refractivity contribution >= 4 is 17.5 Å². The first-order valence-electron chi connectivity index (χ1n) is 6.24. The third-order valence-corrected chi connectivity index (χ3v) is 3.59. The number of hydrogen-bond acceptors (Lipinski definition) is 2.